The van der Waals surface area contributed by atoms with Crippen LogP contribution in [0.2, 0.25) is 0 Å². The molecule has 0 amide bonds. The Kier molecular flexibility index (Phi) is 4.28. The number of nitrogens with zero attached hydrogens (tertiary/aromatic N) is 3. The monoisotopic (exact) mass is 421 g/mol. The molecule has 1 aliphatic carbocycles. The lowest BCUT2D eigenvalue weighted by Crippen LogP contribution is -2.53. The molecule has 0 bridgehead atoms. The molecule has 0 saturated heterocycles. The summed E-state index contributed by atoms with van der Waals surface area (Å²) in [5.41, 5.74) is 2.50. The van der Waals surface area contributed by atoms with Crippen LogP contribution in [0.1, 0.15) is 11.1 Å². The number of rotatable bonds is 4. The molecule has 31 heavy (non-hydrogen) atoms. The molecule has 5 rings (SSSR count). The van der Waals surface area contributed by atoms with Crippen LogP contribution in [0, 0.1) is 0 Å². The fraction of sp³-hybridized carbons (Fsp3) is 0.0435. The lowest BCUT2D eigenvalue weighted by atomic mass is 10.0. The van der Waals surface area contributed by atoms with E-state index in [0.29, 0.717) is 11.6 Å². The quantitative estimate of drug-likeness (QED) is 0.544. The van der Waals surface area contributed by atoms with Gasteiger partial charge in [0.15, 0.2) is 0 Å². The maximum Gasteiger partial charge on any atom is 0.416 e. The Hall–Kier alpha value is -3.75. The number of quaternary nitrogens is 1. The highest BCUT2D eigenvalue weighted by molar-refractivity contribution is 6.01. The van der Waals surface area contributed by atoms with Gasteiger partial charge in [-0.3, -0.25) is 4.99 Å². The van der Waals surface area contributed by atoms with Gasteiger partial charge in [-0.2, -0.15) is 24.0 Å². The number of halogens is 3. The highest BCUT2D eigenvalue weighted by atomic mass is 19.4. The molecule has 1 unspecified atom stereocenters. The maximum atomic E-state index is 12.9. The third-order valence-electron chi connectivity index (χ3n) is 5.13. The van der Waals surface area contributed by atoms with Crippen LogP contribution in [-0.4, -0.2) is 16.6 Å². The first-order valence-electron chi connectivity index (χ1n) is 9.41. The molecule has 5 nitrogen and oxygen atoms in total. The van der Waals surface area contributed by atoms with Gasteiger partial charge in [0.1, 0.15) is 23.4 Å². The van der Waals surface area contributed by atoms with Crippen LogP contribution >= 0.6 is 0 Å². The van der Waals surface area contributed by atoms with Crippen LogP contribution < -0.4 is 10.6 Å². The van der Waals surface area contributed by atoms with Crippen LogP contribution in [0.5, 0.6) is 11.5 Å². The zero-order chi connectivity index (χ0) is 21.6. The van der Waals surface area contributed by atoms with E-state index in [0.717, 1.165) is 34.7 Å². The number of ether oxygens (including phenoxy) is 1. The zero-order valence-corrected chi connectivity index (χ0v) is 16.0. The largest absolute Gasteiger partial charge is 0.457 e. The van der Waals surface area contributed by atoms with Gasteiger partial charge in [-0.05, 0) is 42.5 Å². The molecule has 0 saturated carbocycles. The van der Waals surface area contributed by atoms with E-state index in [1.54, 1.807) is 42.9 Å². The lowest BCUT2D eigenvalue weighted by Gasteiger charge is -2.26. The predicted octanol–water partition coefficient (Wildman–Crippen LogP) is 5.21. The molecule has 0 radical (unpaired) electrons. The number of benzene rings is 2. The van der Waals surface area contributed by atoms with Crippen molar-refractivity contribution in [1.29, 1.82) is 0 Å². The zero-order valence-electron chi connectivity index (χ0n) is 16.0. The number of hydrogen-bond donors (Lipinski definition) is 1. The van der Waals surface area contributed by atoms with Crippen LogP contribution in [0.25, 0.3) is 0 Å². The summed E-state index contributed by atoms with van der Waals surface area (Å²) in [6, 6.07) is 11.7. The van der Waals surface area contributed by atoms with E-state index in [1.165, 1.54) is 12.1 Å². The topological polar surface area (TPSA) is 60.0 Å². The van der Waals surface area contributed by atoms with Gasteiger partial charge in [0.25, 0.3) is 5.84 Å². The molecule has 0 aromatic heterocycles. The fourth-order valence-corrected chi connectivity index (χ4v) is 3.49. The Balaban J connectivity index is 1.42. The number of alkyl halides is 3. The van der Waals surface area contributed by atoms with Crippen molar-refractivity contribution < 1.29 is 22.5 Å². The van der Waals surface area contributed by atoms with Gasteiger partial charge in [-0.1, -0.05) is 24.3 Å². The summed E-state index contributed by atoms with van der Waals surface area (Å²) in [6.45, 7) is 0. The van der Waals surface area contributed by atoms with Crippen LogP contribution in [0.4, 0.5) is 13.2 Å². The standard InChI is InChI=1S/C23H16F3N4O/c24-23(25,26)17-5-2-6-19(13-17)31-18-9-7-16(8-10-18)22-29-21(15-3-1-4-15)20-14-28-11-12-30(20,22)27/h1-14H,27H2/q+1. The van der Waals surface area contributed by atoms with Crippen molar-refractivity contribution >= 4 is 12.1 Å². The highest BCUT2D eigenvalue weighted by Crippen LogP contribution is 2.37. The fourth-order valence-electron chi connectivity index (χ4n) is 3.49. The molecule has 0 spiro atoms. The van der Waals surface area contributed by atoms with E-state index >= 15 is 0 Å². The number of hydrogen-bond acceptors (Lipinski definition) is 4. The summed E-state index contributed by atoms with van der Waals surface area (Å²) >= 11 is 0. The summed E-state index contributed by atoms with van der Waals surface area (Å²) in [6.07, 6.45) is 6.48. The van der Waals surface area contributed by atoms with E-state index in [4.69, 9.17) is 15.6 Å². The third-order valence-corrected chi connectivity index (χ3v) is 5.13. The molecular weight excluding hydrogens is 405 g/mol. The van der Waals surface area contributed by atoms with Gasteiger partial charge in [0, 0.05) is 5.57 Å². The number of allylic oxidation sites excluding steroid dienone is 4. The Morgan fingerprint density at radius 3 is 2.45 bits per heavy atom. The van der Waals surface area contributed by atoms with Crippen LogP contribution in [-0.2, 0) is 6.18 Å². The SMILES string of the molecule is N[N+]12C=CN=CC1=C(C1=CC=C1)N=C2c1ccc(Oc2cccc(C(F)(F)F)c2)cc1. The molecule has 0 fully saturated rings. The van der Waals surface area contributed by atoms with Gasteiger partial charge in [-0.25, -0.2) is 0 Å². The van der Waals surface area contributed by atoms with Gasteiger partial charge in [0.2, 0.25) is 5.70 Å². The second-order valence-electron chi connectivity index (χ2n) is 7.16. The van der Waals surface area contributed by atoms with E-state index in [9.17, 15) is 13.2 Å². The van der Waals surface area contributed by atoms with Gasteiger partial charge in [0.05, 0.1) is 23.5 Å². The minimum atomic E-state index is -4.43. The number of fused-ring (bicyclic) bond motifs is 1. The van der Waals surface area contributed by atoms with Gasteiger partial charge < -0.3 is 4.74 Å². The minimum absolute atomic E-state index is 0.105. The van der Waals surface area contributed by atoms with Crippen molar-refractivity contribution in [3.8, 4) is 11.5 Å². The smallest absolute Gasteiger partial charge is 0.416 e. The second kappa shape index (κ2) is 6.90. The molecule has 2 aliphatic heterocycles. The molecule has 154 valence electrons. The summed E-state index contributed by atoms with van der Waals surface area (Å²) in [5, 5.41) is 0. The van der Waals surface area contributed by atoms with E-state index in [2.05, 4.69) is 4.99 Å². The normalized spacial score (nSPS) is 21.5. The van der Waals surface area contributed by atoms with E-state index in [1.807, 2.05) is 18.2 Å². The molecular formula is C23H16F3N4O+. The lowest BCUT2D eigenvalue weighted by molar-refractivity contribution is -0.750. The Labute approximate surface area is 175 Å². The Morgan fingerprint density at radius 1 is 1.00 bits per heavy atom. The highest BCUT2D eigenvalue weighted by Gasteiger charge is 2.44. The number of nitrogens with two attached hydrogens (primary N) is 1. The third kappa shape index (κ3) is 3.31. The van der Waals surface area contributed by atoms with Crippen molar-refractivity contribution in [1.82, 2.24) is 0 Å². The molecule has 2 heterocycles. The van der Waals surface area contributed by atoms with E-state index < -0.39 is 11.7 Å². The number of amidine groups is 1. The molecule has 3 aliphatic rings. The summed E-state index contributed by atoms with van der Waals surface area (Å²) in [7, 11) is 0. The molecule has 2 N–H and O–H groups in total. The average molecular weight is 421 g/mol. The average Bonchev–Trinajstić information content (AvgIpc) is 3.00. The number of aliphatic imine (C=N–C) groups is 2. The first-order chi connectivity index (χ1) is 14.8. The van der Waals surface area contributed by atoms with Crippen molar-refractivity contribution in [2.75, 3.05) is 0 Å². The predicted molar refractivity (Wildman–Crippen MR) is 111 cm³/mol. The molecule has 1 atom stereocenters. The minimum Gasteiger partial charge on any atom is -0.457 e. The van der Waals surface area contributed by atoms with Crippen molar-refractivity contribution in [2.45, 2.75) is 6.18 Å². The van der Waals surface area contributed by atoms with Crippen molar-refractivity contribution in [2.24, 2.45) is 15.8 Å². The van der Waals surface area contributed by atoms with E-state index in [-0.39, 0.29) is 10.3 Å². The summed E-state index contributed by atoms with van der Waals surface area (Å²) in [4.78, 5) is 8.95. The van der Waals surface area contributed by atoms with Gasteiger partial charge in [-0.15, -0.1) is 4.59 Å². The van der Waals surface area contributed by atoms with Gasteiger partial charge >= 0.3 is 6.18 Å². The first-order valence-corrected chi connectivity index (χ1v) is 9.41. The van der Waals surface area contributed by atoms with Crippen molar-refractivity contribution in [3.05, 3.63) is 107 Å². The maximum absolute atomic E-state index is 12.9. The Bertz CT molecular complexity index is 1250. The molecule has 2 aromatic rings. The van der Waals surface area contributed by atoms with Crippen LogP contribution in [0.15, 0.2) is 106 Å². The molecule has 2 aromatic carbocycles. The Morgan fingerprint density at radius 2 is 1.77 bits per heavy atom. The summed E-state index contributed by atoms with van der Waals surface area (Å²) < 4.78 is 44.2. The molecule has 8 heteroatoms. The second-order valence-corrected chi connectivity index (χ2v) is 7.16. The first kappa shape index (κ1) is 19.2. The van der Waals surface area contributed by atoms with Crippen LogP contribution in [0.3, 0.4) is 0 Å². The van der Waals surface area contributed by atoms with Crippen molar-refractivity contribution in [3.63, 3.8) is 0 Å². The summed E-state index contributed by atoms with van der Waals surface area (Å²) in [5.74, 6) is 7.77.